The molecule has 0 bridgehead atoms. The first kappa shape index (κ1) is 11.4. The molecule has 1 atom stereocenters. The van der Waals surface area contributed by atoms with Crippen LogP contribution >= 0.6 is 15.9 Å². The maximum Gasteiger partial charge on any atom is 0.222 e. The zero-order valence-corrected chi connectivity index (χ0v) is 10.0. The van der Waals surface area contributed by atoms with Gasteiger partial charge in [0.2, 0.25) is 5.95 Å². The smallest absolute Gasteiger partial charge is 0.222 e. The molecule has 0 aromatic carbocycles. The molecule has 0 aliphatic heterocycles. The molecule has 0 radical (unpaired) electrons. The van der Waals surface area contributed by atoms with E-state index < -0.39 is 0 Å². The highest BCUT2D eigenvalue weighted by atomic mass is 79.9. The number of hydrogen-bond acceptors (Lipinski definition) is 4. The number of nitrogens with one attached hydrogen (secondary N) is 1. The summed E-state index contributed by atoms with van der Waals surface area (Å²) in [4.78, 5) is 8.40. The van der Waals surface area contributed by atoms with Gasteiger partial charge < -0.3 is 11.1 Å². The standard InChI is InChI=1S/C9H15BrN4/c1-6(3-11)4-12-9-13-5-8(10)7(2)14-9/h5-6H,3-4,11H2,1-2H3,(H,12,13,14). The lowest BCUT2D eigenvalue weighted by molar-refractivity contribution is 0.625. The summed E-state index contributed by atoms with van der Waals surface area (Å²) in [5, 5.41) is 3.14. The summed E-state index contributed by atoms with van der Waals surface area (Å²) in [5.41, 5.74) is 6.44. The quantitative estimate of drug-likeness (QED) is 0.861. The van der Waals surface area contributed by atoms with Crippen LogP contribution in [-0.4, -0.2) is 23.1 Å². The van der Waals surface area contributed by atoms with E-state index in [2.05, 4.69) is 38.1 Å². The second kappa shape index (κ2) is 5.26. The molecule has 1 heterocycles. The van der Waals surface area contributed by atoms with Crippen molar-refractivity contribution in [3.63, 3.8) is 0 Å². The van der Waals surface area contributed by atoms with E-state index in [0.29, 0.717) is 18.4 Å². The van der Waals surface area contributed by atoms with Gasteiger partial charge in [0.25, 0.3) is 0 Å². The average Bonchev–Trinajstić information content (AvgIpc) is 2.19. The predicted molar refractivity (Wildman–Crippen MR) is 61.2 cm³/mol. The Hall–Kier alpha value is -0.680. The molecule has 78 valence electrons. The summed E-state index contributed by atoms with van der Waals surface area (Å²) in [6.07, 6.45) is 1.75. The Balaban J connectivity index is 2.55. The number of nitrogens with two attached hydrogens (primary N) is 1. The Morgan fingerprint density at radius 3 is 2.93 bits per heavy atom. The van der Waals surface area contributed by atoms with Crippen LogP contribution in [0.1, 0.15) is 12.6 Å². The van der Waals surface area contributed by atoms with Gasteiger partial charge in [-0.1, -0.05) is 6.92 Å². The maximum atomic E-state index is 5.50. The van der Waals surface area contributed by atoms with Gasteiger partial charge in [-0.25, -0.2) is 9.97 Å². The topological polar surface area (TPSA) is 63.8 Å². The molecule has 0 saturated heterocycles. The van der Waals surface area contributed by atoms with Gasteiger partial charge in [-0.05, 0) is 35.3 Å². The third-order valence-corrected chi connectivity index (χ3v) is 2.71. The molecule has 1 unspecified atom stereocenters. The van der Waals surface area contributed by atoms with E-state index in [0.717, 1.165) is 16.7 Å². The van der Waals surface area contributed by atoms with Crippen molar-refractivity contribution in [1.82, 2.24) is 9.97 Å². The Morgan fingerprint density at radius 2 is 2.36 bits per heavy atom. The lowest BCUT2D eigenvalue weighted by Gasteiger charge is -2.10. The lowest BCUT2D eigenvalue weighted by Crippen LogP contribution is -2.20. The van der Waals surface area contributed by atoms with Gasteiger partial charge in [0.05, 0.1) is 10.2 Å². The molecule has 0 saturated carbocycles. The van der Waals surface area contributed by atoms with Crippen LogP contribution in [0.25, 0.3) is 0 Å². The summed E-state index contributed by atoms with van der Waals surface area (Å²) in [6, 6.07) is 0. The van der Waals surface area contributed by atoms with Gasteiger partial charge in [-0.15, -0.1) is 0 Å². The number of aromatic nitrogens is 2. The van der Waals surface area contributed by atoms with Gasteiger partial charge in [0.1, 0.15) is 0 Å². The van der Waals surface area contributed by atoms with Crippen LogP contribution in [0, 0.1) is 12.8 Å². The Labute approximate surface area is 92.5 Å². The van der Waals surface area contributed by atoms with Gasteiger partial charge in [-0.3, -0.25) is 0 Å². The van der Waals surface area contributed by atoms with Crippen LogP contribution in [0.5, 0.6) is 0 Å². The third kappa shape index (κ3) is 3.23. The fourth-order valence-electron chi connectivity index (χ4n) is 0.886. The molecule has 0 amide bonds. The fraction of sp³-hybridized carbons (Fsp3) is 0.556. The molecule has 0 aliphatic rings. The molecule has 0 aliphatic carbocycles. The average molecular weight is 259 g/mol. The van der Waals surface area contributed by atoms with Gasteiger partial charge in [-0.2, -0.15) is 0 Å². The Bertz CT molecular complexity index is 303. The van der Waals surface area contributed by atoms with E-state index in [4.69, 9.17) is 5.73 Å². The lowest BCUT2D eigenvalue weighted by atomic mass is 10.2. The monoisotopic (exact) mass is 258 g/mol. The second-order valence-electron chi connectivity index (χ2n) is 3.35. The second-order valence-corrected chi connectivity index (χ2v) is 4.20. The van der Waals surface area contributed by atoms with Crippen LogP contribution < -0.4 is 11.1 Å². The number of aryl methyl sites for hydroxylation is 1. The number of halogens is 1. The molecule has 3 N–H and O–H groups in total. The van der Waals surface area contributed by atoms with E-state index in [-0.39, 0.29) is 0 Å². The van der Waals surface area contributed by atoms with E-state index in [1.165, 1.54) is 0 Å². The number of hydrogen-bond donors (Lipinski definition) is 2. The molecule has 1 aromatic heterocycles. The molecule has 1 aromatic rings. The Kier molecular flexibility index (Phi) is 4.28. The van der Waals surface area contributed by atoms with E-state index in [1.807, 2.05) is 6.92 Å². The minimum Gasteiger partial charge on any atom is -0.354 e. The van der Waals surface area contributed by atoms with Crippen LogP contribution in [0.3, 0.4) is 0 Å². The van der Waals surface area contributed by atoms with Crippen LogP contribution in [-0.2, 0) is 0 Å². The summed E-state index contributed by atoms with van der Waals surface area (Å²) >= 11 is 3.35. The number of nitrogens with zero attached hydrogens (tertiary/aromatic N) is 2. The molecule has 4 nitrogen and oxygen atoms in total. The first-order valence-electron chi connectivity index (χ1n) is 4.56. The van der Waals surface area contributed by atoms with E-state index in [1.54, 1.807) is 6.20 Å². The summed E-state index contributed by atoms with van der Waals surface area (Å²) < 4.78 is 0.926. The molecule has 5 heteroatoms. The highest BCUT2D eigenvalue weighted by Crippen LogP contribution is 2.13. The minimum atomic E-state index is 0.433. The van der Waals surface area contributed by atoms with Crippen LogP contribution in [0.2, 0.25) is 0 Å². The summed E-state index contributed by atoms with van der Waals surface area (Å²) in [6.45, 7) is 5.49. The van der Waals surface area contributed by atoms with Crippen LogP contribution in [0.4, 0.5) is 5.95 Å². The van der Waals surface area contributed by atoms with Gasteiger partial charge in [0, 0.05) is 12.7 Å². The van der Waals surface area contributed by atoms with Crippen molar-refractivity contribution in [2.24, 2.45) is 11.7 Å². The SMILES string of the molecule is Cc1nc(NCC(C)CN)ncc1Br. The van der Waals surface area contributed by atoms with E-state index >= 15 is 0 Å². The molecule has 0 fully saturated rings. The van der Waals surface area contributed by atoms with Crippen molar-refractivity contribution >= 4 is 21.9 Å². The highest BCUT2D eigenvalue weighted by molar-refractivity contribution is 9.10. The van der Waals surface area contributed by atoms with Crippen molar-refractivity contribution in [2.75, 3.05) is 18.4 Å². The zero-order chi connectivity index (χ0) is 10.6. The normalized spacial score (nSPS) is 12.6. The predicted octanol–water partition coefficient (Wildman–Crippen LogP) is 1.55. The first-order valence-corrected chi connectivity index (χ1v) is 5.36. The zero-order valence-electron chi connectivity index (χ0n) is 8.42. The molecule has 0 spiro atoms. The molecular formula is C9H15BrN4. The van der Waals surface area contributed by atoms with Crippen molar-refractivity contribution in [1.29, 1.82) is 0 Å². The molecule has 1 rings (SSSR count). The number of rotatable bonds is 4. The first-order chi connectivity index (χ1) is 6.63. The summed E-state index contributed by atoms with van der Waals surface area (Å²) in [5.74, 6) is 1.09. The largest absolute Gasteiger partial charge is 0.354 e. The van der Waals surface area contributed by atoms with E-state index in [9.17, 15) is 0 Å². The van der Waals surface area contributed by atoms with Gasteiger partial charge in [0.15, 0.2) is 0 Å². The minimum absolute atomic E-state index is 0.433. The van der Waals surface area contributed by atoms with Gasteiger partial charge >= 0.3 is 0 Å². The van der Waals surface area contributed by atoms with Crippen molar-refractivity contribution in [3.8, 4) is 0 Å². The number of anilines is 1. The highest BCUT2D eigenvalue weighted by Gasteiger charge is 2.02. The molecule has 14 heavy (non-hydrogen) atoms. The Morgan fingerprint density at radius 1 is 1.64 bits per heavy atom. The molecular weight excluding hydrogens is 244 g/mol. The van der Waals surface area contributed by atoms with Crippen molar-refractivity contribution in [2.45, 2.75) is 13.8 Å². The fourth-order valence-corrected chi connectivity index (χ4v) is 1.08. The summed E-state index contributed by atoms with van der Waals surface area (Å²) in [7, 11) is 0. The van der Waals surface area contributed by atoms with Crippen molar-refractivity contribution in [3.05, 3.63) is 16.4 Å². The third-order valence-electron chi connectivity index (χ3n) is 1.93. The van der Waals surface area contributed by atoms with Crippen LogP contribution in [0.15, 0.2) is 10.7 Å². The maximum absolute atomic E-state index is 5.50. The van der Waals surface area contributed by atoms with Crippen molar-refractivity contribution < 1.29 is 0 Å².